The number of anilines is 2. The zero-order valence-corrected chi connectivity index (χ0v) is 20.2. The summed E-state index contributed by atoms with van der Waals surface area (Å²) in [5.41, 5.74) is 11.3. The summed E-state index contributed by atoms with van der Waals surface area (Å²) in [6, 6.07) is 24.1. The molecule has 2 heterocycles. The van der Waals surface area contributed by atoms with Gasteiger partial charge in [0.1, 0.15) is 6.17 Å². The number of fused-ring (bicyclic) bond motifs is 3. The van der Waals surface area contributed by atoms with Crippen molar-refractivity contribution in [1.82, 2.24) is 0 Å². The first kappa shape index (κ1) is 19.5. The number of hydrogen-bond acceptors (Lipinski definition) is 2. The molecule has 3 aliphatic rings. The molecule has 1 aliphatic carbocycles. The van der Waals surface area contributed by atoms with Gasteiger partial charge in [-0.15, -0.1) is 0 Å². The summed E-state index contributed by atoms with van der Waals surface area (Å²) >= 11 is 0. The van der Waals surface area contributed by atoms with Crippen molar-refractivity contribution in [3.05, 3.63) is 106 Å². The van der Waals surface area contributed by atoms with Gasteiger partial charge in [-0.3, -0.25) is 0 Å². The van der Waals surface area contributed by atoms with Gasteiger partial charge in [0.05, 0.1) is 0 Å². The highest BCUT2D eigenvalue weighted by atomic mass is 15.4. The van der Waals surface area contributed by atoms with E-state index in [9.17, 15) is 1.37 Å². The molecule has 0 saturated heterocycles. The molecule has 0 spiro atoms. The second-order valence-corrected chi connectivity index (χ2v) is 10.1. The van der Waals surface area contributed by atoms with Crippen molar-refractivity contribution < 1.29 is 1.37 Å². The van der Waals surface area contributed by atoms with Crippen molar-refractivity contribution in [2.24, 2.45) is 5.92 Å². The summed E-state index contributed by atoms with van der Waals surface area (Å²) < 4.78 is 10.2. The van der Waals surface area contributed by atoms with Gasteiger partial charge in [0, 0.05) is 35.6 Å². The molecule has 0 amide bonds. The highest BCUT2D eigenvalue weighted by molar-refractivity contribution is 5.78. The van der Waals surface area contributed by atoms with E-state index in [-0.39, 0.29) is 6.17 Å². The predicted octanol–water partition coefficient (Wildman–Crippen LogP) is 8.16. The number of hydrogen-bond donors (Lipinski definition) is 0. The maximum absolute atomic E-state index is 10.2. The lowest BCUT2D eigenvalue weighted by molar-refractivity contribution is 0.481. The van der Waals surface area contributed by atoms with Gasteiger partial charge in [-0.25, -0.2) is 0 Å². The van der Waals surface area contributed by atoms with Crippen LogP contribution in [0.1, 0.15) is 73.9 Å². The van der Waals surface area contributed by atoms with Crippen LogP contribution in [0.2, 0.25) is 0 Å². The first-order valence-electron chi connectivity index (χ1n) is 13.0. The number of nitrogens with zero attached hydrogens (tertiary/aromatic N) is 2. The number of rotatable bonds is 3. The third-order valence-electron chi connectivity index (χ3n) is 8.08. The molecule has 0 aromatic heterocycles. The Morgan fingerprint density at radius 3 is 2.00 bits per heavy atom. The van der Waals surface area contributed by atoms with E-state index in [1.165, 1.54) is 63.4 Å². The zero-order valence-electron chi connectivity index (χ0n) is 21.2. The monoisotopic (exact) mass is 435 g/mol. The molecule has 6 rings (SSSR count). The van der Waals surface area contributed by atoms with Crippen molar-refractivity contribution >= 4 is 11.4 Å². The van der Waals surface area contributed by atoms with Crippen LogP contribution in [-0.2, 0) is 0 Å². The molecule has 3 aromatic carbocycles. The highest BCUT2D eigenvalue weighted by Crippen LogP contribution is 2.60. The maximum atomic E-state index is 10.2. The molecular weight excluding hydrogens is 400 g/mol. The van der Waals surface area contributed by atoms with Crippen LogP contribution in [0.15, 0.2) is 78.1 Å². The summed E-state index contributed by atoms with van der Waals surface area (Å²) in [6.07, 6.45) is 4.76. The fourth-order valence-corrected chi connectivity index (χ4v) is 6.59. The average molecular weight is 436 g/mol. The topological polar surface area (TPSA) is 6.48 Å². The molecule has 2 aliphatic heterocycles. The Balaban J connectivity index is 1.67. The maximum Gasteiger partial charge on any atom is 0.137 e. The van der Waals surface area contributed by atoms with E-state index in [1.54, 1.807) is 0 Å². The van der Waals surface area contributed by atoms with E-state index in [4.69, 9.17) is 0 Å². The largest absolute Gasteiger partial charge is 0.318 e. The van der Waals surface area contributed by atoms with Crippen LogP contribution in [0.25, 0.3) is 0 Å². The Morgan fingerprint density at radius 2 is 1.30 bits per heavy atom. The molecule has 33 heavy (non-hydrogen) atoms. The Bertz CT molecular complexity index is 1280. The van der Waals surface area contributed by atoms with Gasteiger partial charge < -0.3 is 9.80 Å². The molecule has 2 atom stereocenters. The van der Waals surface area contributed by atoms with Gasteiger partial charge in [0.2, 0.25) is 0 Å². The van der Waals surface area contributed by atoms with Gasteiger partial charge in [-0.2, -0.15) is 0 Å². The number of para-hydroxylation sites is 2. The minimum Gasteiger partial charge on any atom is -0.318 e. The first-order valence-corrected chi connectivity index (χ1v) is 12.5. The third-order valence-corrected chi connectivity index (χ3v) is 8.08. The summed E-state index contributed by atoms with van der Waals surface area (Å²) in [5, 5.41) is 0. The van der Waals surface area contributed by atoms with Crippen molar-refractivity contribution in [3.8, 4) is 0 Å². The van der Waals surface area contributed by atoms with Crippen molar-refractivity contribution in [2.45, 2.75) is 65.4 Å². The van der Waals surface area contributed by atoms with Gasteiger partial charge >= 0.3 is 0 Å². The molecule has 0 bridgehead atoms. The molecule has 2 nitrogen and oxygen atoms in total. The van der Waals surface area contributed by atoms with Crippen molar-refractivity contribution in [2.75, 3.05) is 9.80 Å². The van der Waals surface area contributed by atoms with Gasteiger partial charge in [0.15, 0.2) is 0 Å². The number of benzene rings is 3. The van der Waals surface area contributed by atoms with Crippen LogP contribution in [0.4, 0.5) is 11.4 Å². The summed E-state index contributed by atoms with van der Waals surface area (Å²) in [5.74, 6) is -0.345. The minimum atomic E-state index is -0.705. The minimum absolute atomic E-state index is 0.00655. The van der Waals surface area contributed by atoms with E-state index in [2.05, 4.69) is 104 Å². The molecule has 0 radical (unpaired) electrons. The van der Waals surface area contributed by atoms with Crippen molar-refractivity contribution in [1.29, 1.82) is 0 Å². The van der Waals surface area contributed by atoms with Crippen LogP contribution in [-0.4, -0.2) is 0 Å². The van der Waals surface area contributed by atoms with E-state index < -0.39 is 5.89 Å². The third kappa shape index (κ3) is 3.00. The van der Waals surface area contributed by atoms with E-state index in [0.717, 1.165) is 12.8 Å². The molecule has 3 aromatic rings. The Labute approximate surface area is 200 Å². The number of allylic oxidation sites excluding steroid dienone is 2. The van der Waals surface area contributed by atoms with Crippen LogP contribution in [0.3, 0.4) is 0 Å². The molecule has 168 valence electrons. The average Bonchev–Trinajstić information content (AvgIpc) is 3.52. The Morgan fingerprint density at radius 1 is 0.697 bits per heavy atom. The van der Waals surface area contributed by atoms with E-state index in [1.807, 2.05) is 0 Å². The zero-order chi connectivity index (χ0) is 23.6. The van der Waals surface area contributed by atoms with E-state index in [0.29, 0.717) is 5.92 Å². The highest BCUT2D eigenvalue weighted by Gasteiger charge is 2.50. The second kappa shape index (κ2) is 7.80. The SMILES string of the molecule is [2H]C1(C2CCCC2)C2=C(C)N(c3ccccc3C)C(c3c(C)cccc3C)N2c2ccccc21. The first-order chi connectivity index (χ1) is 16.4. The van der Waals surface area contributed by atoms with Gasteiger partial charge in [-0.05, 0) is 80.8 Å². The lowest BCUT2D eigenvalue weighted by Gasteiger charge is -2.36. The summed E-state index contributed by atoms with van der Waals surface area (Å²) in [7, 11) is 0. The quantitative estimate of drug-likeness (QED) is 0.409. The molecule has 2 heteroatoms. The Hall–Kier alpha value is -3.00. The fourth-order valence-electron chi connectivity index (χ4n) is 6.59. The molecule has 1 saturated carbocycles. The lowest BCUT2D eigenvalue weighted by atomic mass is 9.84. The molecule has 1 fully saturated rings. The van der Waals surface area contributed by atoms with Crippen molar-refractivity contribution in [3.63, 3.8) is 0 Å². The fraction of sp³-hybridized carbons (Fsp3) is 0.355. The summed E-state index contributed by atoms with van der Waals surface area (Å²) in [6.45, 7) is 8.93. The lowest BCUT2D eigenvalue weighted by Crippen LogP contribution is -2.33. The van der Waals surface area contributed by atoms with Gasteiger partial charge in [0.25, 0.3) is 0 Å². The smallest absolute Gasteiger partial charge is 0.137 e. The second-order valence-electron chi connectivity index (χ2n) is 10.1. The van der Waals surface area contributed by atoms with Gasteiger partial charge in [-0.1, -0.05) is 67.4 Å². The van der Waals surface area contributed by atoms with Crippen LogP contribution < -0.4 is 9.80 Å². The molecule has 2 unspecified atom stereocenters. The Kier molecular flexibility index (Phi) is 4.60. The van der Waals surface area contributed by atoms with Crippen LogP contribution in [0, 0.1) is 26.7 Å². The van der Waals surface area contributed by atoms with E-state index >= 15 is 0 Å². The summed E-state index contributed by atoms with van der Waals surface area (Å²) in [4.78, 5) is 5.05. The molecule has 0 N–H and O–H groups in total. The number of aryl methyl sites for hydroxylation is 3. The predicted molar refractivity (Wildman–Crippen MR) is 139 cm³/mol. The molecular formula is C31H34N2. The van der Waals surface area contributed by atoms with Crippen LogP contribution >= 0.6 is 0 Å². The van der Waals surface area contributed by atoms with Crippen LogP contribution in [0.5, 0.6) is 0 Å². The normalized spacial score (nSPS) is 25.0. The standard InChI is InChI=1S/C31H34N2/c1-20-12-5-9-18-26(20)32-23(4)30-29(24-15-6-7-16-24)25-17-8-10-19-27(25)33(30)31(32)28-21(2)13-11-14-22(28)3/h5,8-14,17-19,24,29,31H,6-7,15-16H2,1-4H3/i29D.